The molecule has 0 spiro atoms. The van der Waals surface area contributed by atoms with Crippen LogP contribution in [0.1, 0.15) is 39.2 Å². The first-order valence-corrected chi connectivity index (χ1v) is 15.8. The number of fused-ring (bicyclic) bond motifs is 1. The summed E-state index contributed by atoms with van der Waals surface area (Å²) in [5.74, 6) is -0.0915. The average Bonchev–Trinajstić information content (AvgIpc) is 3.49. The van der Waals surface area contributed by atoms with E-state index in [0.717, 1.165) is 5.56 Å². The highest BCUT2D eigenvalue weighted by molar-refractivity contribution is 7.89. The van der Waals surface area contributed by atoms with Crippen LogP contribution in [-0.2, 0) is 30.7 Å². The van der Waals surface area contributed by atoms with E-state index < -0.39 is 34.4 Å². The van der Waals surface area contributed by atoms with Crippen LogP contribution in [0.5, 0.6) is 0 Å². The van der Waals surface area contributed by atoms with Gasteiger partial charge in [-0.2, -0.15) is 4.31 Å². The van der Waals surface area contributed by atoms with Crippen molar-refractivity contribution in [3.05, 3.63) is 60.2 Å². The van der Waals surface area contributed by atoms with Crippen molar-refractivity contribution < 1.29 is 32.6 Å². The molecule has 6 atom stereocenters. The Morgan fingerprint density at radius 3 is 2.43 bits per heavy atom. The number of benzene rings is 2. The second-order valence-electron chi connectivity index (χ2n) is 11.6. The molecule has 1 saturated carbocycles. The van der Waals surface area contributed by atoms with Gasteiger partial charge in [0.2, 0.25) is 15.9 Å². The van der Waals surface area contributed by atoms with Gasteiger partial charge in [0.25, 0.3) is 0 Å². The quantitative estimate of drug-likeness (QED) is 0.269. The molecule has 2 aromatic carbocycles. The van der Waals surface area contributed by atoms with Crippen molar-refractivity contribution in [3.8, 4) is 0 Å². The molecule has 0 bridgehead atoms. The highest BCUT2D eigenvalue weighted by Crippen LogP contribution is 2.37. The summed E-state index contributed by atoms with van der Waals surface area (Å²) in [6.07, 6.45) is -1.12. The summed E-state index contributed by atoms with van der Waals surface area (Å²) in [5.41, 5.74) is 7.06. The Bertz CT molecular complexity index is 1310. The fraction of sp³-hybridized carbons (Fsp3) is 0.533. The molecular weight excluding hydrogens is 560 g/mol. The van der Waals surface area contributed by atoms with Crippen molar-refractivity contribution in [2.45, 2.75) is 75.3 Å². The van der Waals surface area contributed by atoms with Gasteiger partial charge in [-0.1, -0.05) is 44.2 Å². The van der Waals surface area contributed by atoms with E-state index in [1.807, 2.05) is 44.2 Å². The minimum atomic E-state index is -3.95. The first kappa shape index (κ1) is 31.7. The number of ether oxygens (including phenoxy) is 2. The number of sulfonamides is 1. The Morgan fingerprint density at radius 1 is 1.10 bits per heavy atom. The van der Waals surface area contributed by atoms with E-state index in [1.54, 1.807) is 0 Å². The Balaban J connectivity index is 1.47. The summed E-state index contributed by atoms with van der Waals surface area (Å²) in [6.45, 7) is 5.63. The van der Waals surface area contributed by atoms with Gasteiger partial charge in [0, 0.05) is 38.0 Å². The van der Waals surface area contributed by atoms with Crippen LogP contribution < -0.4 is 16.4 Å². The number of hydrogen-bond donors (Lipinski definition) is 4. The number of nitrogens with zero attached hydrogens (tertiary/aromatic N) is 1. The monoisotopic (exact) mass is 602 g/mol. The Kier molecular flexibility index (Phi) is 10.5. The molecule has 42 heavy (non-hydrogen) atoms. The molecule has 12 heteroatoms. The lowest BCUT2D eigenvalue weighted by Gasteiger charge is -2.31. The van der Waals surface area contributed by atoms with Crippen molar-refractivity contribution in [2.24, 2.45) is 11.8 Å². The van der Waals surface area contributed by atoms with Crippen molar-refractivity contribution >= 4 is 27.7 Å². The number of nitrogen functional groups attached to an aromatic ring is 1. The van der Waals surface area contributed by atoms with Crippen LogP contribution in [0.3, 0.4) is 0 Å². The standard InChI is InChI=1S/C30H42N4O7S/c1-19(2)16-34(42(38,39)24-11-9-22(31)10-12-24)17-28(36)26(13-21-7-5-4-6-8-21)33-30(37)41-23-14-25-27(32-20(3)35)18-40-29(25)15-23/h4-12,19,23,25-29,36H,13-18,31H2,1-3H3,(H,32,35)(H,33,37). The molecule has 2 fully saturated rings. The van der Waals surface area contributed by atoms with E-state index in [2.05, 4.69) is 10.6 Å². The van der Waals surface area contributed by atoms with Crippen LogP contribution in [0, 0.1) is 11.8 Å². The van der Waals surface area contributed by atoms with E-state index in [0.29, 0.717) is 25.1 Å². The summed E-state index contributed by atoms with van der Waals surface area (Å²) >= 11 is 0. The summed E-state index contributed by atoms with van der Waals surface area (Å²) in [5, 5.41) is 17.1. The van der Waals surface area contributed by atoms with Gasteiger partial charge in [-0.3, -0.25) is 4.79 Å². The number of alkyl carbamates (subject to hydrolysis) is 1. The van der Waals surface area contributed by atoms with E-state index >= 15 is 0 Å². The molecule has 2 amide bonds. The van der Waals surface area contributed by atoms with Crippen molar-refractivity contribution in [1.29, 1.82) is 0 Å². The zero-order valence-electron chi connectivity index (χ0n) is 24.3. The largest absolute Gasteiger partial charge is 0.446 e. The Hall–Kier alpha value is -3.19. The number of anilines is 1. The molecule has 230 valence electrons. The maximum Gasteiger partial charge on any atom is 0.407 e. The number of amides is 2. The number of rotatable bonds is 12. The molecule has 1 aliphatic heterocycles. The average molecular weight is 603 g/mol. The lowest BCUT2D eigenvalue weighted by Crippen LogP contribution is -2.51. The number of aliphatic hydroxyl groups is 1. The van der Waals surface area contributed by atoms with Gasteiger partial charge in [0.15, 0.2) is 0 Å². The summed E-state index contributed by atoms with van der Waals surface area (Å²) < 4.78 is 39.9. The van der Waals surface area contributed by atoms with Gasteiger partial charge in [-0.25, -0.2) is 13.2 Å². The summed E-state index contributed by atoms with van der Waals surface area (Å²) in [6, 6.07) is 14.3. The molecule has 6 unspecified atom stereocenters. The maximum atomic E-state index is 13.6. The molecule has 11 nitrogen and oxygen atoms in total. The van der Waals surface area contributed by atoms with Crippen LogP contribution in [0.15, 0.2) is 59.5 Å². The fourth-order valence-electron chi connectivity index (χ4n) is 5.75. The number of nitrogens with one attached hydrogen (secondary N) is 2. The highest BCUT2D eigenvalue weighted by Gasteiger charge is 2.46. The molecule has 2 aromatic rings. The normalized spacial score (nSPS) is 23.4. The number of carbonyl (C=O) groups is 2. The lowest BCUT2D eigenvalue weighted by atomic mass is 9.99. The highest BCUT2D eigenvalue weighted by atomic mass is 32.2. The van der Waals surface area contributed by atoms with Crippen molar-refractivity contribution in [2.75, 3.05) is 25.4 Å². The predicted octanol–water partition coefficient (Wildman–Crippen LogP) is 2.30. The number of nitrogens with two attached hydrogens (primary N) is 1. The van der Waals surface area contributed by atoms with Crippen LogP contribution in [0.25, 0.3) is 0 Å². The maximum absolute atomic E-state index is 13.6. The summed E-state index contributed by atoms with van der Waals surface area (Å²) in [4.78, 5) is 24.7. The smallest absolute Gasteiger partial charge is 0.407 e. The third-order valence-corrected chi connectivity index (χ3v) is 9.57. The Morgan fingerprint density at radius 2 is 1.79 bits per heavy atom. The molecule has 4 rings (SSSR count). The van der Waals surface area contributed by atoms with Gasteiger partial charge in [-0.05, 0) is 48.6 Å². The van der Waals surface area contributed by atoms with Crippen LogP contribution >= 0.6 is 0 Å². The lowest BCUT2D eigenvalue weighted by molar-refractivity contribution is -0.119. The van der Waals surface area contributed by atoms with E-state index in [9.17, 15) is 23.1 Å². The second kappa shape index (κ2) is 13.9. The SMILES string of the molecule is CC(=O)NC1COC2CC(OC(=O)NC(Cc3ccccc3)C(O)CN(CC(C)C)S(=O)(=O)c3ccc(N)cc3)CC12. The molecule has 2 aliphatic rings. The van der Waals surface area contributed by atoms with Gasteiger partial charge in [-0.15, -0.1) is 0 Å². The predicted molar refractivity (Wildman–Crippen MR) is 158 cm³/mol. The zero-order valence-corrected chi connectivity index (χ0v) is 25.1. The summed E-state index contributed by atoms with van der Waals surface area (Å²) in [7, 11) is -3.95. The van der Waals surface area contributed by atoms with Crippen LogP contribution in [0.4, 0.5) is 10.5 Å². The zero-order chi connectivity index (χ0) is 30.4. The van der Waals surface area contributed by atoms with Gasteiger partial charge >= 0.3 is 6.09 Å². The minimum Gasteiger partial charge on any atom is -0.446 e. The first-order valence-electron chi connectivity index (χ1n) is 14.4. The fourth-order valence-corrected chi connectivity index (χ4v) is 7.37. The van der Waals surface area contributed by atoms with Crippen LogP contribution in [-0.4, -0.2) is 79.9 Å². The molecule has 5 N–H and O–H groups in total. The molecule has 0 radical (unpaired) electrons. The van der Waals surface area contributed by atoms with Gasteiger partial charge < -0.3 is 30.9 Å². The third kappa shape index (κ3) is 8.21. The Labute approximate surface area is 247 Å². The second-order valence-corrected chi connectivity index (χ2v) is 13.6. The van der Waals surface area contributed by atoms with Gasteiger partial charge in [0.05, 0.1) is 35.8 Å². The number of hydrogen-bond acceptors (Lipinski definition) is 8. The number of carbonyl (C=O) groups excluding carboxylic acids is 2. The minimum absolute atomic E-state index is 0.0170. The van der Waals surface area contributed by atoms with E-state index in [1.165, 1.54) is 35.5 Å². The van der Waals surface area contributed by atoms with Gasteiger partial charge in [0.1, 0.15) is 6.10 Å². The topological polar surface area (TPSA) is 160 Å². The first-order chi connectivity index (χ1) is 19.9. The molecule has 1 saturated heterocycles. The molecular formula is C30H42N4O7S. The van der Waals surface area contributed by atoms with Crippen molar-refractivity contribution in [3.63, 3.8) is 0 Å². The molecule has 1 aliphatic carbocycles. The van der Waals surface area contributed by atoms with Crippen LogP contribution in [0.2, 0.25) is 0 Å². The van der Waals surface area contributed by atoms with E-state index in [4.69, 9.17) is 15.2 Å². The van der Waals surface area contributed by atoms with Crippen molar-refractivity contribution in [1.82, 2.24) is 14.9 Å². The van der Waals surface area contributed by atoms with E-state index in [-0.39, 0.29) is 54.3 Å². The molecule has 1 heterocycles. The third-order valence-electron chi connectivity index (χ3n) is 7.72. The number of aliphatic hydroxyl groups excluding tert-OH is 1. The molecule has 0 aromatic heterocycles.